The number of aromatic nitrogens is 1. The monoisotopic (exact) mass is 363 g/mol. The van der Waals surface area contributed by atoms with Crippen LogP contribution in [0.1, 0.15) is 17.7 Å². The molecule has 0 atom stereocenters. The van der Waals surface area contributed by atoms with Gasteiger partial charge in [-0.2, -0.15) is 0 Å². The van der Waals surface area contributed by atoms with E-state index >= 15 is 0 Å². The Morgan fingerprint density at radius 3 is 2.62 bits per heavy atom. The van der Waals surface area contributed by atoms with Crippen molar-refractivity contribution in [2.75, 3.05) is 0 Å². The summed E-state index contributed by atoms with van der Waals surface area (Å²) in [5, 5.41) is 8.87. The van der Waals surface area contributed by atoms with Crippen molar-refractivity contribution in [1.82, 2.24) is 4.98 Å². The number of aliphatic hydroxyl groups is 1. The van der Waals surface area contributed by atoms with Gasteiger partial charge in [-0.3, -0.25) is 0 Å². The Morgan fingerprint density at radius 2 is 2.23 bits per heavy atom. The Balaban J connectivity index is 3.20. The van der Waals surface area contributed by atoms with Crippen LogP contribution in [0.2, 0.25) is 0 Å². The van der Waals surface area contributed by atoms with Gasteiger partial charge >= 0.3 is 0 Å². The summed E-state index contributed by atoms with van der Waals surface area (Å²) in [5.74, 6) is 0. The van der Waals surface area contributed by atoms with Crippen LogP contribution in [0.5, 0.6) is 0 Å². The highest BCUT2D eigenvalue weighted by molar-refractivity contribution is 14.1. The van der Waals surface area contributed by atoms with Gasteiger partial charge in [0.15, 0.2) is 0 Å². The Hall–Kier alpha value is 0.180. The van der Waals surface area contributed by atoms with Gasteiger partial charge < -0.3 is 5.11 Å². The van der Waals surface area contributed by atoms with Crippen molar-refractivity contribution in [1.29, 1.82) is 0 Å². The van der Waals surface area contributed by atoms with Gasteiger partial charge in [0, 0.05) is 9.13 Å². The molecule has 0 saturated carbocycles. The van der Waals surface area contributed by atoms with E-state index in [-0.39, 0.29) is 16.9 Å². The van der Waals surface area contributed by atoms with Crippen molar-refractivity contribution in [3.63, 3.8) is 0 Å². The quantitative estimate of drug-likeness (QED) is 0.647. The van der Waals surface area contributed by atoms with Crippen LogP contribution < -0.4 is 0 Å². The predicted molar refractivity (Wildman–Crippen MR) is 55.5 cm³/mol. The molecule has 6 heteroatoms. The zero-order valence-corrected chi connectivity index (χ0v) is 10.0. The third-order valence-electron chi connectivity index (χ3n) is 1.42. The van der Waals surface area contributed by atoms with Crippen LogP contribution in [-0.2, 0) is 6.61 Å². The molecule has 0 amide bonds. The van der Waals surface area contributed by atoms with Crippen molar-refractivity contribution in [2.45, 2.75) is 13.0 Å². The minimum absolute atomic E-state index is 0.213. The first-order chi connectivity index (χ1) is 6.06. The second kappa shape index (κ2) is 4.61. The molecule has 0 aromatic carbocycles. The number of rotatable bonds is 2. The first-order valence-corrected chi connectivity index (χ1v) is 5.17. The highest BCUT2D eigenvalue weighted by Gasteiger charge is 2.14. The zero-order valence-electron chi connectivity index (χ0n) is 6.27. The van der Waals surface area contributed by atoms with Crippen molar-refractivity contribution in [2.24, 2.45) is 0 Å². The van der Waals surface area contributed by atoms with E-state index in [2.05, 4.69) is 20.9 Å². The lowest BCUT2D eigenvalue weighted by molar-refractivity contribution is 0.145. The molecule has 0 unspecified atom stereocenters. The van der Waals surface area contributed by atoms with Gasteiger partial charge in [-0.1, -0.05) is 0 Å². The van der Waals surface area contributed by atoms with Gasteiger partial charge in [-0.25, -0.2) is 13.8 Å². The predicted octanol–water partition coefficient (Wildman–Crippen LogP) is 2.88. The summed E-state index contributed by atoms with van der Waals surface area (Å²) in [5.41, 5.74) is 0.249. The molecule has 0 aliphatic rings. The molecule has 0 aliphatic carbocycles. The molecule has 1 rings (SSSR count). The molecule has 0 aliphatic heterocycles. The molecule has 1 aromatic heterocycles. The SMILES string of the molecule is OCc1c(I)cc(C(F)F)nc1Br. The molecule has 0 fully saturated rings. The summed E-state index contributed by atoms with van der Waals surface area (Å²) in [6, 6.07) is 1.27. The van der Waals surface area contributed by atoms with Crippen LogP contribution in [-0.4, -0.2) is 10.1 Å². The van der Waals surface area contributed by atoms with Crippen LogP contribution >= 0.6 is 38.5 Å². The number of hydrogen-bond acceptors (Lipinski definition) is 2. The van der Waals surface area contributed by atoms with Gasteiger partial charge in [0.05, 0.1) is 6.61 Å². The standard InChI is InChI=1S/C7H5BrF2INO/c8-6-3(2-13)4(11)1-5(12-6)7(9)10/h1,7,13H,2H2. The second-order valence-electron chi connectivity index (χ2n) is 2.26. The van der Waals surface area contributed by atoms with E-state index in [9.17, 15) is 8.78 Å². The molecule has 2 nitrogen and oxygen atoms in total. The van der Waals surface area contributed by atoms with E-state index in [4.69, 9.17) is 5.11 Å². The molecule has 0 bridgehead atoms. The Bertz CT molecular complexity index is 298. The van der Waals surface area contributed by atoms with Crippen LogP contribution in [0.4, 0.5) is 8.78 Å². The number of nitrogens with zero attached hydrogens (tertiary/aromatic N) is 1. The van der Waals surface area contributed by atoms with Crippen LogP contribution in [0, 0.1) is 3.57 Å². The summed E-state index contributed by atoms with van der Waals surface area (Å²) in [7, 11) is 0. The third kappa shape index (κ3) is 2.57. The molecule has 72 valence electrons. The maximum atomic E-state index is 12.2. The van der Waals surface area contributed by atoms with Gasteiger partial charge in [0.25, 0.3) is 6.43 Å². The number of pyridine rings is 1. The summed E-state index contributed by atoms with van der Waals surface area (Å²) in [6.07, 6.45) is -2.59. The summed E-state index contributed by atoms with van der Waals surface area (Å²) >= 11 is 4.90. The van der Waals surface area contributed by atoms with Crippen LogP contribution in [0.25, 0.3) is 0 Å². The van der Waals surface area contributed by atoms with Crippen molar-refractivity contribution in [3.8, 4) is 0 Å². The molecular formula is C7H5BrF2INO. The van der Waals surface area contributed by atoms with Crippen molar-refractivity contribution < 1.29 is 13.9 Å². The van der Waals surface area contributed by atoms with Gasteiger partial charge in [0.1, 0.15) is 10.3 Å². The number of halogens is 4. The fourth-order valence-electron chi connectivity index (χ4n) is 0.781. The zero-order chi connectivity index (χ0) is 10.0. The fourth-order valence-corrected chi connectivity index (χ4v) is 2.44. The normalized spacial score (nSPS) is 10.9. The van der Waals surface area contributed by atoms with Gasteiger partial charge in [-0.15, -0.1) is 0 Å². The lowest BCUT2D eigenvalue weighted by Gasteiger charge is -2.06. The van der Waals surface area contributed by atoms with Crippen LogP contribution in [0.15, 0.2) is 10.7 Å². The molecular weight excluding hydrogens is 359 g/mol. The Labute approximate surface area is 95.6 Å². The van der Waals surface area contributed by atoms with Crippen molar-refractivity contribution in [3.05, 3.63) is 25.5 Å². The molecule has 1 N–H and O–H groups in total. The number of hydrogen-bond donors (Lipinski definition) is 1. The number of aliphatic hydroxyl groups excluding tert-OH is 1. The first kappa shape index (κ1) is 11.3. The topological polar surface area (TPSA) is 33.1 Å². The van der Waals surface area contributed by atoms with E-state index in [0.717, 1.165) is 0 Å². The van der Waals surface area contributed by atoms with E-state index in [1.54, 1.807) is 0 Å². The highest BCUT2D eigenvalue weighted by Crippen LogP contribution is 2.26. The minimum Gasteiger partial charge on any atom is -0.392 e. The van der Waals surface area contributed by atoms with Gasteiger partial charge in [0.2, 0.25) is 0 Å². The molecule has 0 spiro atoms. The molecule has 0 radical (unpaired) electrons. The van der Waals surface area contributed by atoms with E-state index in [1.807, 2.05) is 22.6 Å². The maximum absolute atomic E-state index is 12.2. The average Bonchev–Trinajstić information content (AvgIpc) is 2.03. The summed E-state index contributed by atoms with van der Waals surface area (Å²) in [4.78, 5) is 3.61. The van der Waals surface area contributed by atoms with Crippen LogP contribution in [0.3, 0.4) is 0 Å². The second-order valence-corrected chi connectivity index (χ2v) is 4.17. The molecule has 1 aromatic rings. The smallest absolute Gasteiger partial charge is 0.280 e. The molecule has 1 heterocycles. The summed E-state index contributed by atoms with van der Waals surface area (Å²) < 4.78 is 25.3. The van der Waals surface area contributed by atoms with E-state index in [1.165, 1.54) is 6.07 Å². The number of alkyl halides is 2. The van der Waals surface area contributed by atoms with Crippen molar-refractivity contribution >= 4 is 38.5 Å². The lowest BCUT2D eigenvalue weighted by atomic mass is 10.2. The lowest BCUT2D eigenvalue weighted by Crippen LogP contribution is -1.98. The van der Waals surface area contributed by atoms with Gasteiger partial charge in [-0.05, 0) is 44.6 Å². The van der Waals surface area contributed by atoms with E-state index < -0.39 is 6.43 Å². The average molecular weight is 364 g/mol. The fraction of sp³-hybridized carbons (Fsp3) is 0.286. The Kier molecular flexibility index (Phi) is 3.99. The third-order valence-corrected chi connectivity index (χ3v) is 3.04. The summed E-state index contributed by atoms with van der Waals surface area (Å²) in [6.45, 7) is -0.213. The highest BCUT2D eigenvalue weighted by atomic mass is 127. The molecule has 13 heavy (non-hydrogen) atoms. The Morgan fingerprint density at radius 1 is 1.62 bits per heavy atom. The molecule has 0 saturated heterocycles. The first-order valence-electron chi connectivity index (χ1n) is 3.30. The van der Waals surface area contributed by atoms with E-state index in [0.29, 0.717) is 9.13 Å². The largest absolute Gasteiger partial charge is 0.392 e. The minimum atomic E-state index is -2.59. The maximum Gasteiger partial charge on any atom is 0.280 e.